The van der Waals surface area contributed by atoms with E-state index in [4.69, 9.17) is 5.73 Å². The van der Waals surface area contributed by atoms with Crippen LogP contribution in [0.25, 0.3) is 0 Å². The number of sulfone groups is 1. The van der Waals surface area contributed by atoms with E-state index in [9.17, 15) is 8.42 Å². The van der Waals surface area contributed by atoms with Crippen LogP contribution < -0.4 is 5.73 Å². The zero-order valence-corrected chi connectivity index (χ0v) is 14.6. The molecule has 2 rings (SSSR count). The van der Waals surface area contributed by atoms with Crippen molar-refractivity contribution in [1.29, 1.82) is 0 Å². The predicted molar refractivity (Wildman–Crippen MR) is 89.0 cm³/mol. The second kappa shape index (κ2) is 6.99. The predicted octanol–water partition coefficient (Wildman–Crippen LogP) is 3.67. The topological polar surface area (TPSA) is 60.2 Å². The Balaban J connectivity index is 2.02. The third-order valence-electron chi connectivity index (χ3n) is 6.01. The molecule has 4 unspecified atom stereocenters. The van der Waals surface area contributed by atoms with Crippen LogP contribution in [0.1, 0.15) is 77.6 Å². The average Bonchev–Trinajstić information content (AvgIpc) is 2.62. The molecule has 3 nitrogen and oxygen atoms in total. The molecule has 0 bridgehead atoms. The van der Waals surface area contributed by atoms with E-state index in [-0.39, 0.29) is 10.8 Å². The van der Waals surface area contributed by atoms with Crippen LogP contribution in [0.5, 0.6) is 0 Å². The van der Waals surface area contributed by atoms with Crippen molar-refractivity contribution in [3.63, 3.8) is 0 Å². The maximum absolute atomic E-state index is 11.9. The Morgan fingerprint density at radius 1 is 1.10 bits per heavy atom. The fraction of sp³-hybridized carbons (Fsp3) is 1.00. The summed E-state index contributed by atoms with van der Waals surface area (Å²) in [5, 5.41) is -0.147. The van der Waals surface area contributed by atoms with Gasteiger partial charge in [-0.1, -0.05) is 39.0 Å². The fourth-order valence-corrected chi connectivity index (χ4v) is 5.80. The summed E-state index contributed by atoms with van der Waals surface area (Å²) in [6.45, 7) is 2.26. The summed E-state index contributed by atoms with van der Waals surface area (Å²) in [6, 6.07) is 0. The first-order chi connectivity index (χ1) is 9.85. The molecule has 0 radical (unpaired) electrons. The van der Waals surface area contributed by atoms with Crippen molar-refractivity contribution in [2.24, 2.45) is 17.6 Å². The molecule has 2 aliphatic carbocycles. The molecule has 0 aromatic carbocycles. The van der Waals surface area contributed by atoms with Crippen LogP contribution in [0.15, 0.2) is 0 Å². The molecule has 21 heavy (non-hydrogen) atoms. The van der Waals surface area contributed by atoms with E-state index in [0.717, 1.165) is 44.4 Å². The fourth-order valence-electron chi connectivity index (χ4n) is 4.62. The molecule has 0 aromatic rings. The van der Waals surface area contributed by atoms with Crippen LogP contribution in [-0.2, 0) is 9.84 Å². The van der Waals surface area contributed by atoms with E-state index in [1.807, 2.05) is 0 Å². The lowest BCUT2D eigenvalue weighted by Crippen LogP contribution is -2.49. The number of hydrogen-bond acceptors (Lipinski definition) is 3. The van der Waals surface area contributed by atoms with Crippen molar-refractivity contribution in [3.05, 3.63) is 0 Å². The van der Waals surface area contributed by atoms with Crippen molar-refractivity contribution in [1.82, 2.24) is 0 Å². The van der Waals surface area contributed by atoms with Gasteiger partial charge in [0, 0.05) is 11.8 Å². The molecular weight excluding hydrogens is 282 g/mol. The quantitative estimate of drug-likeness (QED) is 0.805. The van der Waals surface area contributed by atoms with Gasteiger partial charge in [0.2, 0.25) is 0 Å². The summed E-state index contributed by atoms with van der Waals surface area (Å²) in [7, 11) is -2.91. The Morgan fingerprint density at radius 3 is 2.52 bits per heavy atom. The van der Waals surface area contributed by atoms with Crippen LogP contribution in [0, 0.1) is 11.8 Å². The van der Waals surface area contributed by atoms with E-state index in [1.54, 1.807) is 0 Å². The molecular formula is C17H33NO2S. The number of rotatable bonds is 4. The summed E-state index contributed by atoms with van der Waals surface area (Å²) < 4.78 is 23.8. The zero-order valence-electron chi connectivity index (χ0n) is 13.8. The Kier molecular flexibility index (Phi) is 5.75. The second-order valence-electron chi connectivity index (χ2n) is 7.63. The van der Waals surface area contributed by atoms with E-state index in [0.29, 0.717) is 5.92 Å². The first-order valence-corrected chi connectivity index (χ1v) is 10.8. The molecule has 0 saturated heterocycles. The van der Waals surface area contributed by atoms with Crippen molar-refractivity contribution in [3.8, 4) is 0 Å². The van der Waals surface area contributed by atoms with Crippen LogP contribution in [0.4, 0.5) is 0 Å². The van der Waals surface area contributed by atoms with Gasteiger partial charge >= 0.3 is 0 Å². The van der Waals surface area contributed by atoms with E-state index in [2.05, 4.69) is 6.92 Å². The normalized spacial score (nSPS) is 38.9. The van der Waals surface area contributed by atoms with Gasteiger partial charge < -0.3 is 5.73 Å². The highest BCUT2D eigenvalue weighted by Crippen LogP contribution is 2.42. The van der Waals surface area contributed by atoms with Crippen LogP contribution in [0.3, 0.4) is 0 Å². The molecule has 0 heterocycles. The smallest absolute Gasteiger partial charge is 0.150 e. The van der Waals surface area contributed by atoms with Gasteiger partial charge in [0.25, 0.3) is 0 Å². The highest BCUT2D eigenvalue weighted by molar-refractivity contribution is 7.91. The summed E-state index contributed by atoms with van der Waals surface area (Å²) in [6.07, 6.45) is 13.7. The summed E-state index contributed by atoms with van der Waals surface area (Å²) in [4.78, 5) is 0. The minimum absolute atomic E-state index is 0.105. The molecule has 0 aliphatic heterocycles. The molecule has 2 N–H and O–H groups in total. The lowest BCUT2D eigenvalue weighted by Gasteiger charge is -2.41. The van der Waals surface area contributed by atoms with Gasteiger partial charge in [0.05, 0.1) is 5.25 Å². The van der Waals surface area contributed by atoms with Gasteiger partial charge in [0.15, 0.2) is 0 Å². The van der Waals surface area contributed by atoms with Gasteiger partial charge in [0.1, 0.15) is 9.84 Å². The molecule has 0 amide bonds. The third kappa shape index (κ3) is 4.44. The van der Waals surface area contributed by atoms with Crippen molar-refractivity contribution < 1.29 is 8.42 Å². The summed E-state index contributed by atoms with van der Waals surface area (Å²) in [5.74, 6) is 1.25. The SMILES string of the molecule is CCCC1CCCC(N)(C2CCCC(S(C)(=O)=O)C2)CC1. The summed E-state index contributed by atoms with van der Waals surface area (Å²) >= 11 is 0. The second-order valence-corrected chi connectivity index (χ2v) is 9.96. The van der Waals surface area contributed by atoms with Gasteiger partial charge in [-0.15, -0.1) is 0 Å². The third-order valence-corrected chi connectivity index (χ3v) is 7.65. The maximum Gasteiger partial charge on any atom is 0.150 e. The van der Waals surface area contributed by atoms with E-state index >= 15 is 0 Å². The monoisotopic (exact) mass is 315 g/mol. The van der Waals surface area contributed by atoms with Crippen LogP contribution in [0.2, 0.25) is 0 Å². The molecule has 0 spiro atoms. The maximum atomic E-state index is 11.9. The molecule has 2 saturated carbocycles. The standard InChI is InChI=1S/C17H33NO2S/c1-3-6-14-7-5-11-17(18,12-10-14)15-8-4-9-16(13-15)21(2,19)20/h14-16H,3-13,18H2,1-2H3. The van der Waals surface area contributed by atoms with Crippen molar-refractivity contribution in [2.75, 3.05) is 6.26 Å². The lowest BCUT2D eigenvalue weighted by atomic mass is 9.71. The first kappa shape index (κ1) is 17.3. The minimum Gasteiger partial charge on any atom is -0.325 e. The van der Waals surface area contributed by atoms with E-state index in [1.165, 1.54) is 38.4 Å². The van der Waals surface area contributed by atoms with Crippen LogP contribution in [-0.4, -0.2) is 25.5 Å². The van der Waals surface area contributed by atoms with Crippen molar-refractivity contribution >= 4 is 9.84 Å². The Hall–Kier alpha value is -0.0900. The van der Waals surface area contributed by atoms with E-state index < -0.39 is 9.84 Å². The van der Waals surface area contributed by atoms with Gasteiger partial charge in [-0.25, -0.2) is 8.42 Å². The largest absolute Gasteiger partial charge is 0.325 e. The van der Waals surface area contributed by atoms with Gasteiger partial charge in [-0.05, 0) is 50.4 Å². The van der Waals surface area contributed by atoms with Gasteiger partial charge in [-0.2, -0.15) is 0 Å². The molecule has 4 heteroatoms. The lowest BCUT2D eigenvalue weighted by molar-refractivity contribution is 0.183. The Morgan fingerprint density at radius 2 is 1.86 bits per heavy atom. The minimum atomic E-state index is -2.91. The highest BCUT2D eigenvalue weighted by Gasteiger charge is 2.41. The Bertz CT molecular complexity index is 434. The molecule has 4 atom stereocenters. The molecule has 2 aliphatic rings. The zero-order chi connectivity index (χ0) is 15.5. The molecule has 2 fully saturated rings. The van der Waals surface area contributed by atoms with Gasteiger partial charge in [-0.3, -0.25) is 0 Å². The average molecular weight is 316 g/mol. The highest BCUT2D eigenvalue weighted by atomic mass is 32.2. The summed E-state index contributed by atoms with van der Waals surface area (Å²) in [5.41, 5.74) is 6.70. The number of nitrogens with two attached hydrogens (primary N) is 1. The Labute approximate surface area is 131 Å². The van der Waals surface area contributed by atoms with Crippen molar-refractivity contribution in [2.45, 2.75) is 88.3 Å². The first-order valence-electron chi connectivity index (χ1n) is 8.83. The molecule has 124 valence electrons. The molecule has 0 aromatic heterocycles. The van der Waals surface area contributed by atoms with Crippen LogP contribution >= 0.6 is 0 Å². The number of hydrogen-bond donors (Lipinski definition) is 1.